The number of carbonyl (C=O) groups is 1. The average molecular weight is 233 g/mol. The number of aromatic carboxylic acids is 1. The molecule has 0 saturated carbocycles. The second kappa shape index (κ2) is 4.65. The van der Waals surface area contributed by atoms with Gasteiger partial charge in [-0.2, -0.15) is 0 Å². The van der Waals surface area contributed by atoms with Gasteiger partial charge in [-0.1, -0.05) is 0 Å². The van der Waals surface area contributed by atoms with Crippen LogP contribution in [0.25, 0.3) is 0 Å². The van der Waals surface area contributed by atoms with E-state index in [1.165, 1.54) is 12.3 Å². The average Bonchev–Trinajstić information content (AvgIpc) is 2.73. The maximum Gasteiger partial charge on any atom is 0.354 e. The quantitative estimate of drug-likeness (QED) is 0.855. The Labute approximate surface area is 97.5 Å². The number of carboxylic acid groups (broad SMARTS) is 1. The van der Waals surface area contributed by atoms with Crippen molar-refractivity contribution < 1.29 is 14.6 Å². The van der Waals surface area contributed by atoms with Gasteiger partial charge in [0.15, 0.2) is 0 Å². The number of aryl methyl sites for hydroxylation is 1. The predicted octanol–water partition coefficient (Wildman–Crippen LogP) is 1.09. The van der Waals surface area contributed by atoms with Gasteiger partial charge in [0.1, 0.15) is 18.1 Å². The van der Waals surface area contributed by atoms with Crippen LogP contribution in [-0.2, 0) is 13.7 Å². The Morgan fingerprint density at radius 2 is 2.29 bits per heavy atom. The highest BCUT2D eigenvalue weighted by Crippen LogP contribution is 2.11. The molecule has 2 aromatic rings. The molecule has 1 N–H and O–H groups in total. The van der Waals surface area contributed by atoms with Crippen LogP contribution in [0.3, 0.4) is 0 Å². The number of rotatable bonds is 4. The fraction of sp³-hybridized carbons (Fsp3) is 0.182. The number of aromatic nitrogens is 3. The summed E-state index contributed by atoms with van der Waals surface area (Å²) in [5, 5.41) is 8.68. The highest BCUT2D eigenvalue weighted by molar-refractivity contribution is 5.85. The maximum atomic E-state index is 10.6. The molecule has 0 aromatic carbocycles. The van der Waals surface area contributed by atoms with Crippen molar-refractivity contribution in [2.75, 3.05) is 0 Å². The summed E-state index contributed by atoms with van der Waals surface area (Å²) >= 11 is 0. The normalized spacial score (nSPS) is 10.2. The van der Waals surface area contributed by atoms with Gasteiger partial charge in [0.25, 0.3) is 0 Å². The Morgan fingerprint density at radius 3 is 2.82 bits per heavy atom. The molecule has 0 atom stereocenters. The molecule has 0 bridgehead atoms. The van der Waals surface area contributed by atoms with Gasteiger partial charge in [-0.3, -0.25) is 0 Å². The topological polar surface area (TPSA) is 77.2 Å². The summed E-state index contributed by atoms with van der Waals surface area (Å²) in [5.41, 5.74) is 0.921. The molecule has 0 fully saturated rings. The van der Waals surface area contributed by atoms with Crippen LogP contribution in [0.5, 0.6) is 5.75 Å². The molecule has 2 aromatic heterocycles. The van der Waals surface area contributed by atoms with Gasteiger partial charge in [0.05, 0.1) is 24.4 Å². The van der Waals surface area contributed by atoms with E-state index in [2.05, 4.69) is 9.97 Å². The van der Waals surface area contributed by atoms with E-state index < -0.39 is 5.97 Å². The van der Waals surface area contributed by atoms with Crippen LogP contribution in [0.2, 0.25) is 0 Å². The van der Waals surface area contributed by atoms with E-state index in [4.69, 9.17) is 9.84 Å². The largest absolute Gasteiger partial charge is 0.486 e. The monoisotopic (exact) mass is 233 g/mol. The zero-order chi connectivity index (χ0) is 12.3. The lowest BCUT2D eigenvalue weighted by molar-refractivity contribution is 0.0690. The smallest absolute Gasteiger partial charge is 0.354 e. The molecule has 6 heteroatoms. The van der Waals surface area contributed by atoms with Crippen LogP contribution < -0.4 is 4.74 Å². The molecule has 0 saturated heterocycles. The summed E-state index contributed by atoms with van der Waals surface area (Å²) in [6.45, 7) is 0.366. The van der Waals surface area contributed by atoms with Gasteiger partial charge >= 0.3 is 5.97 Å². The van der Waals surface area contributed by atoms with Gasteiger partial charge in [-0.25, -0.2) is 14.8 Å². The molecule has 2 heterocycles. The number of imidazole rings is 1. The first-order valence-electron chi connectivity index (χ1n) is 4.94. The summed E-state index contributed by atoms with van der Waals surface area (Å²) < 4.78 is 7.30. The van der Waals surface area contributed by atoms with Crippen LogP contribution in [-0.4, -0.2) is 25.6 Å². The number of hydrogen-bond acceptors (Lipinski definition) is 4. The van der Waals surface area contributed by atoms with Crippen molar-refractivity contribution in [3.63, 3.8) is 0 Å². The number of nitrogens with zero attached hydrogens (tertiary/aromatic N) is 3. The van der Waals surface area contributed by atoms with Crippen LogP contribution >= 0.6 is 0 Å². The Kier molecular flexibility index (Phi) is 3.04. The molecule has 0 unspecified atom stereocenters. The summed E-state index contributed by atoms with van der Waals surface area (Å²) in [4.78, 5) is 18.3. The summed E-state index contributed by atoms with van der Waals surface area (Å²) in [7, 11) is 1.87. The first kappa shape index (κ1) is 11.1. The number of carboxylic acids is 1. The lowest BCUT2D eigenvalue weighted by atomic mass is 10.3. The molecule has 0 amide bonds. The Morgan fingerprint density at radius 1 is 1.47 bits per heavy atom. The summed E-state index contributed by atoms with van der Waals surface area (Å²) in [6, 6.07) is 2.98. The van der Waals surface area contributed by atoms with E-state index in [1.54, 1.807) is 18.6 Å². The summed E-state index contributed by atoms with van der Waals surface area (Å²) in [6.07, 6.45) is 4.78. The third-order valence-corrected chi connectivity index (χ3v) is 2.26. The van der Waals surface area contributed by atoms with Crippen molar-refractivity contribution >= 4 is 5.97 Å². The van der Waals surface area contributed by atoms with Crippen molar-refractivity contribution in [1.29, 1.82) is 0 Å². The van der Waals surface area contributed by atoms with Crippen LogP contribution in [0, 0.1) is 0 Å². The van der Waals surface area contributed by atoms with E-state index in [9.17, 15) is 4.79 Å². The minimum Gasteiger partial charge on any atom is -0.486 e. The fourth-order valence-corrected chi connectivity index (χ4v) is 1.27. The lowest BCUT2D eigenvalue weighted by Gasteiger charge is -2.06. The highest BCUT2D eigenvalue weighted by atomic mass is 16.5. The first-order chi connectivity index (χ1) is 8.16. The minimum atomic E-state index is -1.05. The zero-order valence-electron chi connectivity index (χ0n) is 9.20. The molecule has 17 heavy (non-hydrogen) atoms. The molecule has 0 spiro atoms. The Hall–Kier alpha value is -2.37. The highest BCUT2D eigenvalue weighted by Gasteiger charge is 2.04. The fourth-order valence-electron chi connectivity index (χ4n) is 1.27. The van der Waals surface area contributed by atoms with E-state index >= 15 is 0 Å². The van der Waals surface area contributed by atoms with Crippen molar-refractivity contribution in [1.82, 2.24) is 14.5 Å². The van der Waals surface area contributed by atoms with Crippen molar-refractivity contribution in [2.24, 2.45) is 7.05 Å². The summed E-state index contributed by atoms with van der Waals surface area (Å²) in [5.74, 6) is -0.528. The molecule has 0 aliphatic heterocycles. The second-order valence-corrected chi connectivity index (χ2v) is 3.47. The van der Waals surface area contributed by atoms with Gasteiger partial charge in [0, 0.05) is 7.05 Å². The molecule has 0 radical (unpaired) electrons. The lowest BCUT2D eigenvalue weighted by Crippen LogP contribution is -2.03. The van der Waals surface area contributed by atoms with E-state index in [0.717, 1.165) is 5.69 Å². The predicted molar refractivity (Wildman–Crippen MR) is 58.7 cm³/mol. The minimum absolute atomic E-state index is 0.00196. The van der Waals surface area contributed by atoms with Gasteiger partial charge in [-0.05, 0) is 12.1 Å². The number of hydrogen-bond donors (Lipinski definition) is 1. The molecular formula is C11H11N3O3. The van der Waals surface area contributed by atoms with Crippen LogP contribution in [0.4, 0.5) is 0 Å². The van der Waals surface area contributed by atoms with Gasteiger partial charge in [-0.15, -0.1) is 0 Å². The van der Waals surface area contributed by atoms with Crippen molar-refractivity contribution in [2.45, 2.75) is 6.61 Å². The Bertz CT molecular complexity index is 519. The van der Waals surface area contributed by atoms with Crippen LogP contribution in [0.15, 0.2) is 30.9 Å². The molecule has 0 aliphatic carbocycles. The number of ether oxygens (including phenoxy) is 1. The standard InChI is InChI=1S/C11H11N3O3/c1-14-7-12-4-8(14)6-17-9-2-3-10(11(15)16)13-5-9/h2-5,7H,6H2,1H3,(H,15,16). The van der Waals surface area contributed by atoms with E-state index in [-0.39, 0.29) is 5.69 Å². The van der Waals surface area contributed by atoms with Gasteiger partial charge < -0.3 is 14.4 Å². The van der Waals surface area contributed by atoms with Gasteiger partial charge in [0.2, 0.25) is 0 Å². The number of pyridine rings is 1. The Balaban J connectivity index is 2.00. The van der Waals surface area contributed by atoms with Crippen LogP contribution in [0.1, 0.15) is 16.2 Å². The molecule has 6 nitrogen and oxygen atoms in total. The van der Waals surface area contributed by atoms with Crippen molar-refractivity contribution in [3.8, 4) is 5.75 Å². The van der Waals surface area contributed by atoms with Crippen molar-refractivity contribution in [3.05, 3.63) is 42.2 Å². The SMILES string of the molecule is Cn1cncc1COc1ccc(C(=O)O)nc1. The first-order valence-corrected chi connectivity index (χ1v) is 4.94. The molecule has 88 valence electrons. The third kappa shape index (κ3) is 2.60. The molecular weight excluding hydrogens is 222 g/mol. The van der Waals surface area contributed by atoms with E-state index in [0.29, 0.717) is 12.4 Å². The molecule has 0 aliphatic rings. The van der Waals surface area contributed by atoms with E-state index in [1.807, 2.05) is 11.6 Å². The third-order valence-electron chi connectivity index (χ3n) is 2.26. The maximum absolute atomic E-state index is 10.6. The molecule has 2 rings (SSSR count). The second-order valence-electron chi connectivity index (χ2n) is 3.47. The zero-order valence-corrected chi connectivity index (χ0v) is 9.20.